The molecule has 0 aliphatic heterocycles. The number of carbonyl (C=O) groups is 1. The molecule has 0 spiro atoms. The van der Waals surface area contributed by atoms with Crippen molar-refractivity contribution in [2.75, 3.05) is 0 Å². The lowest BCUT2D eigenvalue weighted by atomic mass is 10.2. The molecule has 2 aromatic rings. The summed E-state index contributed by atoms with van der Waals surface area (Å²) in [5.41, 5.74) is -0.0156. The van der Waals surface area contributed by atoms with Gasteiger partial charge in [0.15, 0.2) is 5.82 Å². The molecule has 2 rings (SSSR count). The molecule has 0 fully saturated rings. The van der Waals surface area contributed by atoms with E-state index in [0.717, 1.165) is 12.1 Å². The minimum Gasteiger partial charge on any atom is -0.478 e. The van der Waals surface area contributed by atoms with Crippen molar-refractivity contribution in [1.29, 1.82) is 0 Å². The van der Waals surface area contributed by atoms with Gasteiger partial charge in [0.25, 0.3) is 0 Å². The second kappa shape index (κ2) is 2.95. The largest absolute Gasteiger partial charge is 0.478 e. The molecule has 1 aromatic carbocycles. The summed E-state index contributed by atoms with van der Waals surface area (Å²) in [5, 5.41) is 8.74. The van der Waals surface area contributed by atoms with Gasteiger partial charge in [0.05, 0.1) is 11.1 Å². The Morgan fingerprint density at radius 2 is 2.29 bits per heavy atom. The topological polar surface area (TPSA) is 66.0 Å². The van der Waals surface area contributed by atoms with Crippen molar-refractivity contribution in [3.05, 3.63) is 28.8 Å². The number of rotatable bonds is 1. The van der Waals surface area contributed by atoms with Gasteiger partial charge in [-0.25, -0.2) is 14.2 Å². The van der Waals surface area contributed by atoms with Gasteiger partial charge in [-0.1, -0.05) is 0 Å². The molecular weight excluding hydrogens is 211 g/mol. The van der Waals surface area contributed by atoms with E-state index in [1.807, 2.05) is 0 Å². The number of H-pyrrole nitrogens is 1. The maximum absolute atomic E-state index is 13.1. The van der Waals surface area contributed by atoms with E-state index in [-0.39, 0.29) is 21.9 Å². The van der Waals surface area contributed by atoms with Crippen molar-refractivity contribution in [3.8, 4) is 0 Å². The van der Waals surface area contributed by atoms with Crippen LogP contribution in [0.25, 0.3) is 11.0 Å². The van der Waals surface area contributed by atoms with Gasteiger partial charge in [-0.15, -0.1) is 0 Å². The lowest BCUT2D eigenvalue weighted by molar-refractivity contribution is 0.0699. The van der Waals surface area contributed by atoms with Gasteiger partial charge in [-0.3, -0.25) is 0 Å². The number of hydrogen-bond acceptors (Lipinski definition) is 2. The van der Waals surface area contributed by atoms with Crippen LogP contribution in [0.4, 0.5) is 4.39 Å². The maximum Gasteiger partial charge on any atom is 0.337 e. The van der Waals surface area contributed by atoms with Crippen molar-refractivity contribution in [2.24, 2.45) is 0 Å². The molecule has 4 nitrogen and oxygen atoms in total. The summed E-state index contributed by atoms with van der Waals surface area (Å²) in [4.78, 5) is 16.8. The van der Waals surface area contributed by atoms with E-state index in [2.05, 4.69) is 9.97 Å². The number of aromatic amines is 1. The van der Waals surface area contributed by atoms with Crippen LogP contribution in [0.2, 0.25) is 5.28 Å². The molecule has 0 saturated heterocycles. The van der Waals surface area contributed by atoms with E-state index < -0.39 is 11.8 Å². The SMILES string of the molecule is O=C(O)c1ccc(F)c2nc(Cl)[nH]c12. The van der Waals surface area contributed by atoms with E-state index in [1.54, 1.807) is 0 Å². The first-order chi connectivity index (χ1) is 6.59. The number of carboxylic acids is 1. The van der Waals surface area contributed by atoms with E-state index in [0.29, 0.717) is 0 Å². The van der Waals surface area contributed by atoms with E-state index in [9.17, 15) is 9.18 Å². The van der Waals surface area contributed by atoms with Gasteiger partial charge < -0.3 is 10.1 Å². The molecule has 14 heavy (non-hydrogen) atoms. The van der Waals surface area contributed by atoms with E-state index in [1.165, 1.54) is 0 Å². The highest BCUT2D eigenvalue weighted by atomic mass is 35.5. The van der Waals surface area contributed by atoms with E-state index >= 15 is 0 Å². The van der Waals surface area contributed by atoms with Gasteiger partial charge >= 0.3 is 5.97 Å². The Kier molecular flexibility index (Phi) is 1.89. The average Bonchev–Trinajstić information content (AvgIpc) is 2.47. The number of carboxylic acid groups (broad SMARTS) is 1. The summed E-state index contributed by atoms with van der Waals surface area (Å²) in [6, 6.07) is 2.21. The van der Waals surface area contributed by atoms with E-state index in [4.69, 9.17) is 16.7 Å². The number of hydrogen-bond donors (Lipinski definition) is 2. The minimum atomic E-state index is -1.16. The predicted molar refractivity (Wildman–Crippen MR) is 48.0 cm³/mol. The molecule has 0 amide bonds. The molecule has 0 aliphatic rings. The molecule has 0 radical (unpaired) electrons. The zero-order valence-corrected chi connectivity index (χ0v) is 7.47. The van der Waals surface area contributed by atoms with Crippen LogP contribution in [0.5, 0.6) is 0 Å². The quantitative estimate of drug-likeness (QED) is 0.764. The molecule has 72 valence electrons. The molecule has 0 saturated carbocycles. The zero-order valence-electron chi connectivity index (χ0n) is 6.71. The Morgan fingerprint density at radius 3 is 2.93 bits per heavy atom. The van der Waals surface area contributed by atoms with Crippen molar-refractivity contribution in [1.82, 2.24) is 9.97 Å². The fourth-order valence-electron chi connectivity index (χ4n) is 1.21. The Morgan fingerprint density at radius 1 is 1.57 bits per heavy atom. The van der Waals surface area contributed by atoms with Crippen molar-refractivity contribution < 1.29 is 14.3 Å². The van der Waals surface area contributed by atoms with Gasteiger partial charge in [0, 0.05) is 0 Å². The minimum absolute atomic E-state index is 0.0346. The van der Waals surface area contributed by atoms with Gasteiger partial charge in [-0.2, -0.15) is 0 Å². The van der Waals surface area contributed by atoms with Crippen LogP contribution >= 0.6 is 11.6 Å². The first kappa shape index (κ1) is 8.96. The third-order valence-corrected chi connectivity index (χ3v) is 1.98. The summed E-state index contributed by atoms with van der Waals surface area (Å²) in [5.74, 6) is -1.76. The fraction of sp³-hybridized carbons (Fsp3) is 0. The van der Waals surface area contributed by atoms with Crippen LogP contribution in [0.3, 0.4) is 0 Å². The number of aromatic carboxylic acids is 1. The number of nitrogens with zero attached hydrogens (tertiary/aromatic N) is 1. The summed E-state index contributed by atoms with van der Waals surface area (Å²) in [7, 11) is 0. The molecule has 0 aliphatic carbocycles. The average molecular weight is 215 g/mol. The molecule has 0 atom stereocenters. The summed E-state index contributed by atoms with van der Waals surface area (Å²) < 4.78 is 13.1. The van der Waals surface area contributed by atoms with Crippen LogP contribution in [0.15, 0.2) is 12.1 Å². The Labute approximate surface area is 82.3 Å². The third kappa shape index (κ3) is 1.22. The fourth-order valence-corrected chi connectivity index (χ4v) is 1.39. The standard InChI is InChI=1S/C8H4ClFN2O2/c9-8-11-5-3(7(13)14)1-2-4(10)6(5)12-8/h1-2H,(H,11,12)(H,13,14). The maximum atomic E-state index is 13.1. The number of aromatic nitrogens is 2. The van der Waals surface area contributed by atoms with Crippen molar-refractivity contribution in [2.45, 2.75) is 0 Å². The van der Waals surface area contributed by atoms with Crippen LogP contribution < -0.4 is 0 Å². The Balaban J connectivity index is 2.87. The Bertz CT molecular complexity index is 523. The molecule has 0 bridgehead atoms. The number of nitrogens with one attached hydrogen (secondary N) is 1. The van der Waals surface area contributed by atoms with Gasteiger partial charge in [0.1, 0.15) is 5.52 Å². The number of imidazole rings is 1. The van der Waals surface area contributed by atoms with Gasteiger partial charge in [0.2, 0.25) is 5.28 Å². The molecule has 2 N–H and O–H groups in total. The smallest absolute Gasteiger partial charge is 0.337 e. The van der Waals surface area contributed by atoms with Crippen LogP contribution in [0, 0.1) is 5.82 Å². The van der Waals surface area contributed by atoms with Crippen molar-refractivity contribution in [3.63, 3.8) is 0 Å². The van der Waals surface area contributed by atoms with Gasteiger partial charge in [-0.05, 0) is 23.7 Å². The number of fused-ring (bicyclic) bond motifs is 1. The number of halogens is 2. The molecule has 0 unspecified atom stereocenters. The first-order valence-electron chi connectivity index (χ1n) is 3.66. The highest BCUT2D eigenvalue weighted by Crippen LogP contribution is 2.21. The predicted octanol–water partition coefficient (Wildman–Crippen LogP) is 2.05. The van der Waals surface area contributed by atoms with Crippen LogP contribution in [-0.4, -0.2) is 21.0 Å². The highest BCUT2D eigenvalue weighted by molar-refractivity contribution is 6.29. The third-order valence-electron chi connectivity index (χ3n) is 1.80. The summed E-state index contributed by atoms with van der Waals surface area (Å²) in [6.45, 7) is 0. The van der Waals surface area contributed by atoms with Crippen LogP contribution in [-0.2, 0) is 0 Å². The molecule has 1 heterocycles. The molecule has 1 aromatic heterocycles. The normalized spacial score (nSPS) is 10.7. The second-order valence-corrected chi connectivity index (χ2v) is 3.01. The molecule has 6 heteroatoms. The van der Waals surface area contributed by atoms with Crippen molar-refractivity contribution >= 4 is 28.6 Å². The highest BCUT2D eigenvalue weighted by Gasteiger charge is 2.14. The second-order valence-electron chi connectivity index (χ2n) is 2.65. The lowest BCUT2D eigenvalue weighted by Gasteiger charge is -1.96. The molecular formula is C8H4ClFN2O2. The number of benzene rings is 1. The monoisotopic (exact) mass is 214 g/mol. The summed E-state index contributed by atoms with van der Waals surface area (Å²) >= 11 is 5.51. The first-order valence-corrected chi connectivity index (χ1v) is 4.04. The Hall–Kier alpha value is -1.62. The zero-order chi connectivity index (χ0) is 10.3. The summed E-state index contributed by atoms with van der Waals surface area (Å²) in [6.07, 6.45) is 0. The lowest BCUT2D eigenvalue weighted by Crippen LogP contribution is -1.98. The van der Waals surface area contributed by atoms with Crippen LogP contribution in [0.1, 0.15) is 10.4 Å².